The molecule has 0 saturated heterocycles. The number of hydrogen-bond donors (Lipinski definition) is 1. The number of rotatable bonds is 3. The second-order valence-electron chi connectivity index (χ2n) is 5.56. The van der Waals surface area contributed by atoms with E-state index in [1.54, 1.807) is 29.2 Å². The predicted octanol–water partition coefficient (Wildman–Crippen LogP) is 4.50. The monoisotopic (exact) mass is 361 g/mol. The molecule has 2 heterocycles. The highest BCUT2D eigenvalue weighted by molar-refractivity contribution is 6.43. The van der Waals surface area contributed by atoms with Crippen LogP contribution in [-0.4, -0.2) is 27.5 Å². The van der Waals surface area contributed by atoms with Crippen LogP contribution >= 0.6 is 23.2 Å². The predicted molar refractivity (Wildman–Crippen MR) is 97.3 cm³/mol. The van der Waals surface area contributed by atoms with Gasteiger partial charge in [0.1, 0.15) is 0 Å². The highest BCUT2D eigenvalue weighted by atomic mass is 35.5. The molecule has 1 aromatic carbocycles. The first-order chi connectivity index (χ1) is 11.6. The van der Waals surface area contributed by atoms with Crippen LogP contribution in [-0.2, 0) is 13.0 Å². The summed E-state index contributed by atoms with van der Waals surface area (Å²) in [6, 6.07) is 5.09. The van der Waals surface area contributed by atoms with Gasteiger partial charge in [0.15, 0.2) is 0 Å². The van der Waals surface area contributed by atoms with E-state index in [0.717, 1.165) is 28.9 Å². The Kier molecular flexibility index (Phi) is 4.78. The molecule has 24 heavy (non-hydrogen) atoms. The van der Waals surface area contributed by atoms with Crippen LogP contribution in [0.3, 0.4) is 0 Å². The molecule has 124 valence electrons. The van der Waals surface area contributed by atoms with Crippen LogP contribution in [0.1, 0.15) is 34.2 Å². The zero-order valence-corrected chi connectivity index (χ0v) is 14.8. The summed E-state index contributed by atoms with van der Waals surface area (Å²) >= 11 is 12.2. The van der Waals surface area contributed by atoms with E-state index in [1.807, 2.05) is 13.0 Å². The van der Waals surface area contributed by atoms with E-state index in [9.17, 15) is 4.79 Å². The third-order valence-electron chi connectivity index (χ3n) is 4.21. The number of aromatic nitrogens is 2. The minimum Gasteiger partial charge on any atom is -0.332 e. The van der Waals surface area contributed by atoms with Gasteiger partial charge < -0.3 is 4.90 Å². The molecule has 0 unspecified atom stereocenters. The lowest BCUT2D eigenvalue weighted by molar-refractivity contribution is 0.0732. The summed E-state index contributed by atoms with van der Waals surface area (Å²) in [7, 11) is 0. The number of carbonyl (C=O) groups is 1. The third-order valence-corrected chi connectivity index (χ3v) is 5.03. The highest BCUT2D eigenvalue weighted by Gasteiger charge is 2.27. The van der Waals surface area contributed by atoms with Crippen molar-refractivity contribution in [1.82, 2.24) is 15.1 Å². The normalized spacial score (nSPS) is 14.5. The molecule has 0 fully saturated rings. The van der Waals surface area contributed by atoms with Crippen molar-refractivity contribution in [2.75, 3.05) is 6.54 Å². The Labute approximate surface area is 150 Å². The van der Waals surface area contributed by atoms with E-state index >= 15 is 0 Å². The van der Waals surface area contributed by atoms with Gasteiger partial charge in [-0.15, -0.1) is 0 Å². The molecular formula is C18H17Cl2N3O. The summed E-state index contributed by atoms with van der Waals surface area (Å²) in [4.78, 5) is 14.5. The molecule has 0 spiro atoms. The average Bonchev–Trinajstić information content (AvgIpc) is 3.01. The maximum atomic E-state index is 12.8. The van der Waals surface area contributed by atoms with Gasteiger partial charge in [-0.3, -0.25) is 9.89 Å². The average molecular weight is 362 g/mol. The number of hydrogen-bond acceptors (Lipinski definition) is 2. The number of carbonyl (C=O) groups excluding carboxylic acids is 1. The molecule has 1 N–H and O–H groups in total. The molecule has 0 saturated carbocycles. The van der Waals surface area contributed by atoms with E-state index in [4.69, 9.17) is 23.2 Å². The molecule has 1 aromatic heterocycles. The Morgan fingerprint density at radius 3 is 2.92 bits per heavy atom. The van der Waals surface area contributed by atoms with Gasteiger partial charge in [-0.1, -0.05) is 48.0 Å². The largest absolute Gasteiger partial charge is 0.332 e. The number of benzene rings is 1. The summed E-state index contributed by atoms with van der Waals surface area (Å²) in [5, 5.41) is 8.11. The van der Waals surface area contributed by atoms with Gasteiger partial charge >= 0.3 is 0 Å². The number of halogens is 2. The number of allylic oxidation sites excluding steroid dienone is 3. The number of amides is 1. The van der Waals surface area contributed by atoms with Crippen molar-refractivity contribution >= 4 is 34.7 Å². The summed E-state index contributed by atoms with van der Waals surface area (Å²) in [6.07, 6.45) is 4.50. The maximum absolute atomic E-state index is 12.8. The van der Waals surface area contributed by atoms with Gasteiger partial charge in [0.25, 0.3) is 5.91 Å². The van der Waals surface area contributed by atoms with Crippen LogP contribution < -0.4 is 0 Å². The Hall–Kier alpha value is -2.04. The number of H-pyrrole nitrogens is 1. The van der Waals surface area contributed by atoms with E-state index < -0.39 is 0 Å². The SMILES string of the molecule is C=C/C(=C\C)c1n[nH]c2c1CCN(C(=O)c1cccc(Cl)c1Cl)C2. The second-order valence-corrected chi connectivity index (χ2v) is 6.34. The second kappa shape index (κ2) is 6.83. The Morgan fingerprint density at radius 1 is 1.42 bits per heavy atom. The zero-order valence-electron chi connectivity index (χ0n) is 13.3. The van der Waals surface area contributed by atoms with Crippen molar-refractivity contribution in [3.05, 3.63) is 69.5 Å². The van der Waals surface area contributed by atoms with Crippen molar-refractivity contribution in [2.24, 2.45) is 0 Å². The number of aromatic amines is 1. The molecule has 0 radical (unpaired) electrons. The summed E-state index contributed by atoms with van der Waals surface area (Å²) in [6.45, 7) is 6.86. The van der Waals surface area contributed by atoms with Crippen molar-refractivity contribution in [3.8, 4) is 0 Å². The smallest absolute Gasteiger partial charge is 0.255 e. The summed E-state index contributed by atoms with van der Waals surface area (Å²) in [5.41, 5.74) is 4.42. The van der Waals surface area contributed by atoms with Crippen molar-refractivity contribution in [3.63, 3.8) is 0 Å². The molecule has 0 aliphatic carbocycles. The van der Waals surface area contributed by atoms with Gasteiger partial charge in [0.2, 0.25) is 0 Å². The van der Waals surface area contributed by atoms with E-state index in [2.05, 4.69) is 16.8 Å². The molecular weight excluding hydrogens is 345 g/mol. The fourth-order valence-corrected chi connectivity index (χ4v) is 3.30. The van der Waals surface area contributed by atoms with E-state index in [1.165, 1.54) is 0 Å². The third kappa shape index (κ3) is 2.87. The lowest BCUT2D eigenvalue weighted by Gasteiger charge is -2.27. The fraction of sp³-hybridized carbons (Fsp3) is 0.222. The first-order valence-electron chi connectivity index (χ1n) is 7.65. The fourth-order valence-electron chi connectivity index (χ4n) is 2.92. The molecule has 0 atom stereocenters. The highest BCUT2D eigenvalue weighted by Crippen LogP contribution is 2.30. The number of nitrogens with one attached hydrogen (secondary N) is 1. The zero-order chi connectivity index (χ0) is 17.3. The number of nitrogens with zero attached hydrogens (tertiary/aromatic N) is 2. The summed E-state index contributed by atoms with van der Waals surface area (Å²) in [5.74, 6) is -0.126. The Morgan fingerprint density at radius 2 is 2.21 bits per heavy atom. The van der Waals surface area contributed by atoms with Crippen molar-refractivity contribution in [2.45, 2.75) is 19.9 Å². The standard InChI is InChI=1S/C18H17Cl2N3O/c1-3-11(4-2)17-12-8-9-23(10-15(12)21-22-17)18(24)13-6-5-7-14(19)16(13)20/h3-7H,1,8-10H2,2H3,(H,21,22)/b11-4+. The van der Waals surface area contributed by atoms with E-state index in [0.29, 0.717) is 28.7 Å². The first kappa shape index (κ1) is 16.8. The summed E-state index contributed by atoms with van der Waals surface area (Å²) < 4.78 is 0. The lowest BCUT2D eigenvalue weighted by Crippen LogP contribution is -2.36. The minimum absolute atomic E-state index is 0.126. The molecule has 4 nitrogen and oxygen atoms in total. The van der Waals surface area contributed by atoms with Gasteiger partial charge in [-0.2, -0.15) is 5.10 Å². The molecule has 1 aliphatic rings. The van der Waals surface area contributed by atoms with Crippen molar-refractivity contribution in [1.29, 1.82) is 0 Å². The molecule has 3 rings (SSSR count). The lowest BCUT2D eigenvalue weighted by atomic mass is 9.99. The van der Waals surface area contributed by atoms with Crippen LogP contribution in [0.5, 0.6) is 0 Å². The number of fused-ring (bicyclic) bond motifs is 1. The van der Waals surface area contributed by atoms with Crippen LogP contribution in [0, 0.1) is 0 Å². The van der Waals surface area contributed by atoms with Crippen LogP contribution in [0.15, 0.2) is 36.9 Å². The molecule has 6 heteroatoms. The van der Waals surface area contributed by atoms with Crippen LogP contribution in [0.4, 0.5) is 0 Å². The van der Waals surface area contributed by atoms with Gasteiger partial charge in [0, 0.05) is 12.1 Å². The van der Waals surface area contributed by atoms with Gasteiger partial charge in [0.05, 0.1) is 33.5 Å². The molecule has 1 amide bonds. The van der Waals surface area contributed by atoms with Crippen LogP contribution in [0.2, 0.25) is 10.0 Å². The van der Waals surface area contributed by atoms with E-state index in [-0.39, 0.29) is 5.91 Å². The molecule has 1 aliphatic heterocycles. The van der Waals surface area contributed by atoms with Gasteiger partial charge in [-0.25, -0.2) is 0 Å². The van der Waals surface area contributed by atoms with Crippen molar-refractivity contribution < 1.29 is 4.79 Å². The first-order valence-corrected chi connectivity index (χ1v) is 8.41. The Bertz CT molecular complexity index is 839. The minimum atomic E-state index is -0.126. The maximum Gasteiger partial charge on any atom is 0.255 e. The molecule has 2 aromatic rings. The van der Waals surface area contributed by atoms with Gasteiger partial charge in [-0.05, 0) is 31.1 Å². The Balaban J connectivity index is 1.87. The van der Waals surface area contributed by atoms with Crippen LogP contribution in [0.25, 0.3) is 5.57 Å². The topological polar surface area (TPSA) is 49.0 Å². The quantitative estimate of drug-likeness (QED) is 0.817. The molecule has 0 bridgehead atoms.